The fraction of sp³-hybridized carbons (Fsp3) is 0.111. The molecule has 0 aliphatic carbocycles. The standard InChI is InChI=1S/C27H19Cl2N3O6/c28-17-3-1-2-16(10-17)21-13-30-14-25(31-21)32-26(33)15-4-6-18(7-5-15)37-24-12-23-19(11-20(24)29)22(8-9-36-23)38-27(34)35/h1-7,10-14,22H,8-9H2,(H,34,35)(H,31,32,33). The molecule has 1 atom stereocenters. The Balaban J connectivity index is 1.27. The maximum atomic E-state index is 12.8. The van der Waals surface area contributed by atoms with Gasteiger partial charge in [0, 0.05) is 34.2 Å². The van der Waals surface area contributed by atoms with Gasteiger partial charge >= 0.3 is 6.16 Å². The zero-order valence-electron chi connectivity index (χ0n) is 19.6. The third kappa shape index (κ3) is 5.80. The van der Waals surface area contributed by atoms with Crippen LogP contribution < -0.4 is 14.8 Å². The molecule has 9 nitrogen and oxygen atoms in total. The second kappa shape index (κ2) is 11.0. The van der Waals surface area contributed by atoms with Crippen molar-refractivity contribution in [1.29, 1.82) is 0 Å². The molecule has 0 saturated heterocycles. The maximum absolute atomic E-state index is 12.8. The first-order valence-electron chi connectivity index (χ1n) is 11.4. The molecule has 0 bridgehead atoms. The van der Waals surface area contributed by atoms with Gasteiger partial charge < -0.3 is 24.6 Å². The number of carboxylic acid groups (broad SMARTS) is 1. The minimum atomic E-state index is -1.37. The number of amides is 1. The number of fused-ring (bicyclic) bond motifs is 1. The molecule has 192 valence electrons. The van der Waals surface area contributed by atoms with Gasteiger partial charge in [-0.1, -0.05) is 35.3 Å². The third-order valence-electron chi connectivity index (χ3n) is 5.63. The minimum absolute atomic E-state index is 0.258. The number of halogens is 2. The van der Waals surface area contributed by atoms with Crippen LogP contribution in [0.25, 0.3) is 11.3 Å². The summed E-state index contributed by atoms with van der Waals surface area (Å²) >= 11 is 12.4. The van der Waals surface area contributed by atoms with Crippen LogP contribution in [0.2, 0.25) is 10.0 Å². The van der Waals surface area contributed by atoms with E-state index in [4.69, 9.17) is 42.5 Å². The SMILES string of the molecule is O=C(O)OC1CCOc2cc(Oc3ccc(C(=O)Nc4cncc(-c5cccc(Cl)c5)n4)cc3)c(Cl)cc21. The van der Waals surface area contributed by atoms with Crippen molar-refractivity contribution in [3.63, 3.8) is 0 Å². The van der Waals surface area contributed by atoms with Gasteiger partial charge in [-0.2, -0.15) is 0 Å². The Kier molecular flexibility index (Phi) is 7.30. The highest BCUT2D eigenvalue weighted by Crippen LogP contribution is 2.42. The number of hydrogen-bond donors (Lipinski definition) is 2. The summed E-state index contributed by atoms with van der Waals surface area (Å²) in [5.74, 6) is 1.09. The number of benzene rings is 3. The summed E-state index contributed by atoms with van der Waals surface area (Å²) in [6.07, 6.45) is 1.38. The van der Waals surface area contributed by atoms with Crippen LogP contribution in [0.1, 0.15) is 28.4 Å². The number of ether oxygens (including phenoxy) is 3. The number of carbonyl (C=O) groups excluding carboxylic acids is 1. The fourth-order valence-corrected chi connectivity index (χ4v) is 4.28. The lowest BCUT2D eigenvalue weighted by Gasteiger charge is -2.25. The number of nitrogens with one attached hydrogen (secondary N) is 1. The van der Waals surface area contributed by atoms with E-state index in [1.165, 1.54) is 6.20 Å². The molecule has 0 radical (unpaired) electrons. The summed E-state index contributed by atoms with van der Waals surface area (Å²) in [4.78, 5) is 32.3. The van der Waals surface area contributed by atoms with Gasteiger partial charge in [0.05, 0.1) is 29.7 Å². The molecule has 4 aromatic rings. The highest BCUT2D eigenvalue weighted by Gasteiger charge is 2.27. The average Bonchev–Trinajstić information content (AvgIpc) is 2.90. The molecule has 1 aromatic heterocycles. The van der Waals surface area contributed by atoms with E-state index in [1.54, 1.807) is 54.7 Å². The first-order valence-corrected chi connectivity index (χ1v) is 12.1. The monoisotopic (exact) mass is 551 g/mol. The Hall–Kier alpha value is -4.34. The summed E-state index contributed by atoms with van der Waals surface area (Å²) in [6, 6.07) is 16.8. The third-order valence-corrected chi connectivity index (χ3v) is 6.16. The quantitative estimate of drug-likeness (QED) is 0.245. The second-order valence-electron chi connectivity index (χ2n) is 8.21. The van der Waals surface area contributed by atoms with Crippen LogP contribution in [-0.2, 0) is 4.74 Å². The first kappa shape index (κ1) is 25.3. The molecule has 0 fully saturated rings. The van der Waals surface area contributed by atoms with Gasteiger partial charge in [0.1, 0.15) is 23.4 Å². The van der Waals surface area contributed by atoms with Gasteiger partial charge in [0.2, 0.25) is 0 Å². The van der Waals surface area contributed by atoms with Crippen LogP contribution in [-0.4, -0.2) is 33.7 Å². The normalized spacial score (nSPS) is 14.1. The molecule has 3 aromatic carbocycles. The molecule has 0 spiro atoms. The lowest BCUT2D eigenvalue weighted by atomic mass is 10.0. The summed E-state index contributed by atoms with van der Waals surface area (Å²) < 4.78 is 16.4. The van der Waals surface area contributed by atoms with Crippen molar-refractivity contribution in [2.24, 2.45) is 0 Å². The van der Waals surface area contributed by atoms with E-state index in [1.807, 2.05) is 12.1 Å². The van der Waals surface area contributed by atoms with E-state index in [0.717, 1.165) is 5.56 Å². The van der Waals surface area contributed by atoms with E-state index < -0.39 is 12.3 Å². The predicted molar refractivity (Wildman–Crippen MR) is 140 cm³/mol. The Labute approximate surface area is 226 Å². The van der Waals surface area contributed by atoms with Gasteiger partial charge in [0.15, 0.2) is 5.82 Å². The zero-order chi connectivity index (χ0) is 26.6. The van der Waals surface area contributed by atoms with E-state index in [2.05, 4.69) is 15.3 Å². The Morgan fingerprint density at radius 3 is 2.63 bits per heavy atom. The molecule has 0 saturated carbocycles. The van der Waals surface area contributed by atoms with Crippen molar-refractivity contribution in [3.8, 4) is 28.5 Å². The number of anilines is 1. The van der Waals surface area contributed by atoms with Gasteiger partial charge in [-0.05, 0) is 42.5 Å². The van der Waals surface area contributed by atoms with Crippen molar-refractivity contribution in [2.45, 2.75) is 12.5 Å². The van der Waals surface area contributed by atoms with Crippen molar-refractivity contribution >= 4 is 41.1 Å². The molecule has 2 heterocycles. The lowest BCUT2D eigenvalue weighted by Crippen LogP contribution is -2.18. The second-order valence-corrected chi connectivity index (χ2v) is 9.05. The van der Waals surface area contributed by atoms with Gasteiger partial charge in [-0.15, -0.1) is 0 Å². The topological polar surface area (TPSA) is 120 Å². The number of carbonyl (C=O) groups is 2. The van der Waals surface area contributed by atoms with Crippen molar-refractivity contribution < 1.29 is 28.9 Å². The molecule has 5 rings (SSSR count). The molecule has 1 aliphatic heterocycles. The summed E-state index contributed by atoms with van der Waals surface area (Å²) in [7, 11) is 0. The molecular weight excluding hydrogens is 533 g/mol. The van der Waals surface area contributed by atoms with Crippen LogP contribution in [0.5, 0.6) is 17.2 Å². The van der Waals surface area contributed by atoms with E-state index in [9.17, 15) is 9.59 Å². The van der Waals surface area contributed by atoms with Crippen LogP contribution in [0, 0.1) is 0 Å². The molecule has 1 unspecified atom stereocenters. The van der Waals surface area contributed by atoms with Gasteiger partial charge in [-0.25, -0.2) is 9.78 Å². The summed E-state index contributed by atoms with van der Waals surface area (Å²) in [5.41, 5.74) is 2.26. The number of nitrogens with zero attached hydrogens (tertiary/aromatic N) is 2. The average molecular weight is 552 g/mol. The minimum Gasteiger partial charge on any atom is -0.493 e. The van der Waals surface area contributed by atoms with Crippen LogP contribution >= 0.6 is 23.2 Å². The Morgan fingerprint density at radius 1 is 1.05 bits per heavy atom. The van der Waals surface area contributed by atoms with E-state index in [0.29, 0.717) is 57.9 Å². The van der Waals surface area contributed by atoms with Crippen molar-refractivity contribution in [1.82, 2.24) is 9.97 Å². The molecule has 38 heavy (non-hydrogen) atoms. The van der Waals surface area contributed by atoms with Gasteiger partial charge in [0.25, 0.3) is 5.91 Å². The fourth-order valence-electron chi connectivity index (χ4n) is 3.88. The van der Waals surface area contributed by atoms with Crippen molar-refractivity contribution in [3.05, 3.63) is 94.2 Å². The molecule has 2 N–H and O–H groups in total. The van der Waals surface area contributed by atoms with Crippen LogP contribution in [0.3, 0.4) is 0 Å². The molecule has 1 amide bonds. The Morgan fingerprint density at radius 2 is 1.87 bits per heavy atom. The predicted octanol–water partition coefficient (Wildman–Crippen LogP) is 7.01. The smallest absolute Gasteiger partial charge is 0.493 e. The van der Waals surface area contributed by atoms with Crippen LogP contribution in [0.15, 0.2) is 73.1 Å². The zero-order valence-corrected chi connectivity index (χ0v) is 21.1. The molecule has 11 heteroatoms. The van der Waals surface area contributed by atoms with Crippen LogP contribution in [0.4, 0.5) is 10.6 Å². The summed E-state index contributed by atoms with van der Waals surface area (Å²) in [6.45, 7) is 0.294. The van der Waals surface area contributed by atoms with Crippen molar-refractivity contribution in [2.75, 3.05) is 11.9 Å². The molecule has 1 aliphatic rings. The number of aromatic nitrogens is 2. The van der Waals surface area contributed by atoms with E-state index in [-0.39, 0.29) is 10.9 Å². The number of hydrogen-bond acceptors (Lipinski definition) is 7. The van der Waals surface area contributed by atoms with E-state index >= 15 is 0 Å². The first-order chi connectivity index (χ1) is 18.4. The molecular formula is C27H19Cl2N3O6. The lowest BCUT2D eigenvalue weighted by molar-refractivity contribution is 0.0326. The highest BCUT2D eigenvalue weighted by molar-refractivity contribution is 6.32. The maximum Gasteiger partial charge on any atom is 0.506 e. The van der Waals surface area contributed by atoms with Gasteiger partial charge in [-0.3, -0.25) is 9.78 Å². The highest BCUT2D eigenvalue weighted by atomic mass is 35.5. The number of rotatable bonds is 6. The largest absolute Gasteiger partial charge is 0.506 e. The Bertz CT molecular complexity index is 1510. The summed E-state index contributed by atoms with van der Waals surface area (Å²) in [5, 5.41) is 12.5.